The Hall–Kier alpha value is 2.41. The molecule has 0 N–H and O–H groups in total. The summed E-state index contributed by atoms with van der Waals surface area (Å²) in [6.45, 7) is 0. The zero-order valence-corrected chi connectivity index (χ0v) is 7.57. The van der Waals surface area contributed by atoms with Crippen LogP contribution in [-0.2, 0) is 40.8 Å². The van der Waals surface area contributed by atoms with Crippen molar-refractivity contribution in [1.29, 1.82) is 0 Å². The number of hydrogen-bond donors (Lipinski definition) is 0. The first-order valence-corrected chi connectivity index (χ1v) is 0.842. The zero-order valence-electron chi connectivity index (χ0n) is 1.76. The van der Waals surface area contributed by atoms with Gasteiger partial charge in [-0.2, -0.15) is 0 Å². The van der Waals surface area contributed by atoms with Crippen molar-refractivity contribution < 1.29 is 82.5 Å². The first-order chi connectivity index (χ1) is 1.00. The van der Waals surface area contributed by atoms with Crippen molar-refractivity contribution in [2.24, 2.45) is 0 Å². The number of hydrogen-bond acceptors (Lipinski definition) is 1. The maximum absolute atomic E-state index is 8.25. The Kier molecular flexibility index (Phi) is 73.1. The van der Waals surface area contributed by atoms with Gasteiger partial charge >= 0.3 is 23.7 Å². The molecule has 4 heteroatoms. The van der Waals surface area contributed by atoms with Gasteiger partial charge in [0.05, 0.1) is 0 Å². The van der Waals surface area contributed by atoms with Gasteiger partial charge < -0.3 is 0 Å². The van der Waals surface area contributed by atoms with Crippen LogP contribution in [0.3, 0.4) is 0 Å². The summed E-state index contributed by atoms with van der Waals surface area (Å²) >= 11 is 0.750. The second-order valence-corrected chi connectivity index (χ2v) is 0. The van der Waals surface area contributed by atoms with E-state index in [-0.39, 0.29) is 58.8 Å². The van der Waals surface area contributed by atoms with Gasteiger partial charge in [0.1, 0.15) is 0 Å². The molecule has 0 unspecified atom stereocenters. The minimum atomic E-state index is 0. The Bertz CT molecular complexity index is 8.00. The molecule has 0 heterocycles. The van der Waals surface area contributed by atoms with E-state index in [0.717, 1.165) is 20.4 Å². The van der Waals surface area contributed by atoms with Crippen molar-refractivity contribution in [2.45, 2.75) is 0 Å². The molecule has 1 nitrogen and oxygen atoms in total. The first-order valence-electron chi connectivity index (χ1n) is 0.204. The van der Waals surface area contributed by atoms with Gasteiger partial charge in [0, 0.05) is 58.8 Å². The Morgan fingerprint density at radius 3 is 1.25 bits per heavy atom. The molecule has 0 spiro atoms. The van der Waals surface area contributed by atoms with Crippen molar-refractivity contribution >= 4 is 0 Å². The third kappa shape index (κ3) is 8.83. The van der Waals surface area contributed by atoms with Crippen LogP contribution in [0.25, 0.3) is 0 Å². The van der Waals surface area contributed by atoms with E-state index in [9.17, 15) is 0 Å². The molecule has 0 bridgehead atoms. The van der Waals surface area contributed by atoms with E-state index in [1.54, 1.807) is 0 Å². The van der Waals surface area contributed by atoms with Crippen LogP contribution < -0.4 is 0 Å². The fourth-order valence-corrected chi connectivity index (χ4v) is 0. The van der Waals surface area contributed by atoms with Crippen LogP contribution in [0.1, 0.15) is 0 Å². The predicted molar refractivity (Wildman–Crippen MR) is 0.686 cm³/mol. The molecule has 0 saturated carbocycles. The summed E-state index contributed by atoms with van der Waals surface area (Å²) in [7, 11) is 0. The predicted octanol–water partition coefficient (Wildman–Crippen LogP) is -0.124. The second-order valence-electron chi connectivity index (χ2n) is 0. The van der Waals surface area contributed by atoms with E-state index in [2.05, 4.69) is 0 Å². The summed E-state index contributed by atoms with van der Waals surface area (Å²) in [5.41, 5.74) is 0. The molecule has 0 amide bonds. The summed E-state index contributed by atoms with van der Waals surface area (Å²) in [5, 5.41) is 0. The van der Waals surface area contributed by atoms with E-state index in [0.29, 0.717) is 0 Å². The molecular weight excluding hydrogens is 260 g/mol. The molecule has 0 radical (unpaired) electrons. The topological polar surface area (TPSA) is 17.1 Å². The average Bonchev–Trinajstić information content (AvgIpc) is 1.00. The van der Waals surface area contributed by atoms with Gasteiger partial charge in [-0.1, -0.05) is 0 Å². The molecule has 0 fully saturated rings. The van der Waals surface area contributed by atoms with Crippen molar-refractivity contribution in [3.05, 3.63) is 0 Å². The van der Waals surface area contributed by atoms with Crippen LogP contribution in [0.2, 0.25) is 0 Å². The number of rotatable bonds is 0. The molecule has 0 aliphatic carbocycles. The third-order valence-electron chi connectivity index (χ3n) is 0. The van der Waals surface area contributed by atoms with Crippen molar-refractivity contribution in [3.8, 4) is 0 Å². The van der Waals surface area contributed by atoms with Crippen molar-refractivity contribution in [1.82, 2.24) is 0 Å². The zero-order chi connectivity index (χ0) is 2.00. The Labute approximate surface area is 80.9 Å². The van der Waals surface area contributed by atoms with Gasteiger partial charge in [0.15, 0.2) is 0 Å². The van der Waals surface area contributed by atoms with E-state index in [1.807, 2.05) is 0 Å². The van der Waals surface area contributed by atoms with Gasteiger partial charge in [-0.15, -0.1) is 0 Å². The second kappa shape index (κ2) is 18.1. The summed E-state index contributed by atoms with van der Waals surface area (Å²) in [6, 6.07) is 0. The van der Waals surface area contributed by atoms with Crippen LogP contribution in [0.15, 0.2) is 0 Å². The van der Waals surface area contributed by atoms with E-state index >= 15 is 0 Å². The molecule has 0 saturated heterocycles. The maximum atomic E-state index is 8.25. The van der Waals surface area contributed by atoms with Crippen LogP contribution in [0.5, 0.6) is 0 Å². The molecule has 0 atom stereocenters. The molecule has 0 aliphatic heterocycles. The molecular formula is CeFeOTi. The fraction of sp³-hybridized carbons (Fsp3) is 0. The average molecular weight is 260 g/mol. The Balaban J connectivity index is -0.00000000500. The van der Waals surface area contributed by atoms with Crippen LogP contribution >= 0.6 is 0 Å². The van der Waals surface area contributed by atoms with Crippen LogP contribution in [-0.4, -0.2) is 0 Å². The molecule has 22 valence electrons. The first kappa shape index (κ1) is 16.1. The summed E-state index contributed by atoms with van der Waals surface area (Å²) in [5.74, 6) is 0. The molecule has 4 heavy (non-hydrogen) atoms. The molecule has 0 aromatic heterocycles. The van der Waals surface area contributed by atoms with Gasteiger partial charge in [0.2, 0.25) is 0 Å². The van der Waals surface area contributed by atoms with E-state index < -0.39 is 0 Å². The van der Waals surface area contributed by atoms with E-state index in [4.69, 9.17) is 3.32 Å². The summed E-state index contributed by atoms with van der Waals surface area (Å²) in [4.78, 5) is 0. The van der Waals surface area contributed by atoms with E-state index in [1.165, 1.54) is 0 Å². The monoisotopic (exact) mass is 260 g/mol. The van der Waals surface area contributed by atoms with Crippen LogP contribution in [0, 0.1) is 41.7 Å². The van der Waals surface area contributed by atoms with Crippen molar-refractivity contribution in [3.63, 3.8) is 0 Å². The quantitative estimate of drug-likeness (QED) is 0.555. The molecule has 0 aliphatic rings. The Morgan fingerprint density at radius 2 is 1.25 bits per heavy atom. The van der Waals surface area contributed by atoms with Gasteiger partial charge in [-0.25, -0.2) is 0 Å². The normalized spacial score (nSPS) is 0.750. The standard InChI is InChI=1S/Ce.Fe.O.Ti. The van der Waals surface area contributed by atoms with Gasteiger partial charge in [-0.05, 0) is 0 Å². The minimum absolute atomic E-state index is 0. The fourth-order valence-electron chi connectivity index (χ4n) is 0. The molecule has 0 aromatic rings. The molecule has 0 aromatic carbocycles. The SMILES string of the molecule is [Ce].[Fe].[O]=[Ti]. The van der Waals surface area contributed by atoms with Crippen LogP contribution in [0.4, 0.5) is 0 Å². The summed E-state index contributed by atoms with van der Waals surface area (Å²) < 4.78 is 8.25. The van der Waals surface area contributed by atoms with Gasteiger partial charge in [0.25, 0.3) is 0 Å². The van der Waals surface area contributed by atoms with Gasteiger partial charge in [-0.3, -0.25) is 0 Å². The van der Waals surface area contributed by atoms with Crippen molar-refractivity contribution in [2.75, 3.05) is 0 Å². The summed E-state index contributed by atoms with van der Waals surface area (Å²) in [6.07, 6.45) is 0. The Morgan fingerprint density at radius 1 is 1.25 bits per heavy atom. The third-order valence-corrected chi connectivity index (χ3v) is 0. The molecule has 0 rings (SSSR count).